The molecule has 0 saturated carbocycles. The highest BCUT2D eigenvalue weighted by Gasteiger charge is 2.38. The summed E-state index contributed by atoms with van der Waals surface area (Å²) in [7, 11) is 0. The van der Waals surface area contributed by atoms with Crippen molar-refractivity contribution < 1.29 is 0 Å². The lowest BCUT2D eigenvalue weighted by molar-refractivity contribution is 0.663. The minimum absolute atomic E-state index is 0.200. The first kappa shape index (κ1) is 24.9. The van der Waals surface area contributed by atoms with Crippen molar-refractivity contribution in [2.75, 3.05) is 0 Å². The van der Waals surface area contributed by atoms with Gasteiger partial charge in [0.2, 0.25) is 5.95 Å². The molecule has 0 bridgehead atoms. The van der Waals surface area contributed by atoms with Gasteiger partial charge in [0.25, 0.3) is 0 Å². The molecule has 2 heterocycles. The van der Waals surface area contributed by atoms with Crippen molar-refractivity contribution >= 4 is 32.6 Å². The van der Waals surface area contributed by atoms with Crippen molar-refractivity contribution in [1.29, 1.82) is 0 Å². The Morgan fingerprint density at radius 3 is 2.09 bits per heavy atom. The number of rotatable bonds is 3. The molecule has 2 aromatic heterocycles. The summed E-state index contributed by atoms with van der Waals surface area (Å²) in [6.07, 6.45) is 0. The van der Waals surface area contributed by atoms with Gasteiger partial charge >= 0.3 is 0 Å². The van der Waals surface area contributed by atoms with E-state index in [-0.39, 0.29) is 5.41 Å². The van der Waals surface area contributed by atoms with Crippen molar-refractivity contribution in [1.82, 2.24) is 19.5 Å². The quantitative estimate of drug-likeness (QED) is 0.215. The molecule has 0 aliphatic heterocycles. The topological polar surface area (TPSA) is 43.6 Å². The van der Waals surface area contributed by atoms with Crippen LogP contribution in [0, 0.1) is 0 Å². The predicted octanol–water partition coefficient (Wildman–Crippen LogP) is 9.76. The summed E-state index contributed by atoms with van der Waals surface area (Å²) in [5.41, 5.74) is 9.17. The summed E-state index contributed by atoms with van der Waals surface area (Å²) in [6.45, 7) is 4.67. The zero-order valence-electron chi connectivity index (χ0n) is 24.5. The summed E-state index contributed by atoms with van der Waals surface area (Å²) in [4.78, 5) is 15.5. The average molecular weight is 565 g/mol. The highest BCUT2D eigenvalue weighted by atomic mass is 15.2. The second-order valence-electron chi connectivity index (χ2n) is 12.1. The fourth-order valence-electron chi connectivity index (χ4n) is 7.16. The molecule has 208 valence electrons. The first-order valence-corrected chi connectivity index (χ1v) is 15.1. The van der Waals surface area contributed by atoms with E-state index in [1.807, 2.05) is 18.2 Å². The van der Waals surface area contributed by atoms with Crippen LogP contribution in [0.15, 0.2) is 133 Å². The largest absolute Gasteiger partial charge is 0.277 e. The van der Waals surface area contributed by atoms with Crippen LogP contribution < -0.4 is 0 Å². The highest BCUT2D eigenvalue weighted by Crippen LogP contribution is 2.52. The number of benzene rings is 6. The van der Waals surface area contributed by atoms with Crippen molar-refractivity contribution in [3.63, 3.8) is 0 Å². The maximum atomic E-state index is 5.24. The molecular formula is C40H28N4. The van der Waals surface area contributed by atoms with Gasteiger partial charge in [-0.25, -0.2) is 4.98 Å². The molecule has 0 atom stereocenters. The van der Waals surface area contributed by atoms with Gasteiger partial charge in [0.15, 0.2) is 11.6 Å². The lowest BCUT2D eigenvalue weighted by Gasteiger charge is -2.23. The first-order chi connectivity index (χ1) is 21.6. The van der Waals surface area contributed by atoms with Crippen LogP contribution in [0.1, 0.15) is 25.0 Å². The van der Waals surface area contributed by atoms with E-state index >= 15 is 0 Å². The van der Waals surface area contributed by atoms with Gasteiger partial charge in [0, 0.05) is 27.3 Å². The van der Waals surface area contributed by atoms with E-state index in [9.17, 15) is 0 Å². The predicted molar refractivity (Wildman–Crippen MR) is 180 cm³/mol. The number of fused-ring (bicyclic) bond motifs is 8. The minimum atomic E-state index is -0.200. The zero-order valence-corrected chi connectivity index (χ0v) is 24.5. The Bertz CT molecular complexity index is 2420. The van der Waals surface area contributed by atoms with Gasteiger partial charge in [-0.1, -0.05) is 135 Å². The molecular weight excluding hydrogens is 536 g/mol. The Morgan fingerprint density at radius 1 is 0.523 bits per heavy atom. The Morgan fingerprint density at radius 2 is 1.23 bits per heavy atom. The molecule has 0 fully saturated rings. The molecule has 0 unspecified atom stereocenters. The lowest BCUT2D eigenvalue weighted by Crippen LogP contribution is -2.17. The summed E-state index contributed by atoms with van der Waals surface area (Å²) in [6, 6.07) is 47.0. The molecule has 0 spiro atoms. The van der Waals surface area contributed by atoms with Crippen molar-refractivity contribution in [2.45, 2.75) is 19.3 Å². The number of hydrogen-bond acceptors (Lipinski definition) is 3. The summed E-state index contributed by atoms with van der Waals surface area (Å²) in [5, 5.41) is 4.73. The highest BCUT2D eigenvalue weighted by molar-refractivity contribution is 6.13. The van der Waals surface area contributed by atoms with E-state index in [2.05, 4.69) is 134 Å². The molecule has 0 amide bonds. The molecule has 4 nitrogen and oxygen atoms in total. The molecule has 0 N–H and O–H groups in total. The van der Waals surface area contributed by atoms with Gasteiger partial charge in [-0.2, -0.15) is 9.97 Å². The summed E-state index contributed by atoms with van der Waals surface area (Å²) in [5.74, 6) is 1.92. The van der Waals surface area contributed by atoms with Gasteiger partial charge < -0.3 is 0 Å². The molecule has 1 aliphatic carbocycles. The number of para-hydroxylation sites is 1. The van der Waals surface area contributed by atoms with E-state index in [0.717, 1.165) is 27.5 Å². The Hall–Kier alpha value is -5.61. The van der Waals surface area contributed by atoms with E-state index in [1.54, 1.807) is 0 Å². The SMILES string of the molecule is CC1(C)c2ccccc2-c2ccc3c4ccccc4n(-c4nc(-c5ccccc5)nc(-c5ccc6ccccc6c5)n4)c3c21. The maximum Gasteiger partial charge on any atom is 0.238 e. The summed E-state index contributed by atoms with van der Waals surface area (Å²) < 4.78 is 2.27. The molecule has 9 rings (SSSR count). The Labute approximate surface area is 255 Å². The Kier molecular flexibility index (Phi) is 5.21. The van der Waals surface area contributed by atoms with Crippen LogP contribution in [-0.4, -0.2) is 19.5 Å². The van der Waals surface area contributed by atoms with Crippen molar-refractivity contribution in [3.8, 4) is 39.9 Å². The second kappa shape index (κ2) is 9.19. The fraction of sp³-hybridized carbons (Fsp3) is 0.0750. The molecule has 0 radical (unpaired) electrons. The molecule has 44 heavy (non-hydrogen) atoms. The third kappa shape index (κ3) is 3.54. The fourth-order valence-corrected chi connectivity index (χ4v) is 7.16. The average Bonchev–Trinajstić information content (AvgIpc) is 3.53. The van der Waals surface area contributed by atoms with Gasteiger partial charge in [0.1, 0.15) is 0 Å². The third-order valence-corrected chi connectivity index (χ3v) is 9.22. The normalized spacial score (nSPS) is 13.4. The van der Waals surface area contributed by atoms with E-state index in [4.69, 9.17) is 15.0 Å². The molecule has 4 heteroatoms. The van der Waals surface area contributed by atoms with Gasteiger partial charge in [-0.05, 0) is 45.2 Å². The van der Waals surface area contributed by atoms with Crippen LogP contribution in [0.3, 0.4) is 0 Å². The number of hydrogen-bond donors (Lipinski definition) is 0. The van der Waals surface area contributed by atoms with Crippen LogP contribution in [0.25, 0.3) is 72.4 Å². The minimum Gasteiger partial charge on any atom is -0.277 e. The monoisotopic (exact) mass is 564 g/mol. The van der Waals surface area contributed by atoms with Crippen LogP contribution in [0.2, 0.25) is 0 Å². The van der Waals surface area contributed by atoms with Gasteiger partial charge in [-0.3, -0.25) is 4.57 Å². The molecule has 8 aromatic rings. The van der Waals surface area contributed by atoms with E-state index in [1.165, 1.54) is 38.4 Å². The molecule has 6 aromatic carbocycles. The van der Waals surface area contributed by atoms with Crippen LogP contribution in [0.5, 0.6) is 0 Å². The van der Waals surface area contributed by atoms with E-state index in [0.29, 0.717) is 17.6 Å². The van der Waals surface area contributed by atoms with Crippen molar-refractivity contribution in [2.24, 2.45) is 0 Å². The number of nitrogens with zero attached hydrogens (tertiary/aromatic N) is 4. The van der Waals surface area contributed by atoms with Gasteiger partial charge in [0.05, 0.1) is 11.0 Å². The smallest absolute Gasteiger partial charge is 0.238 e. The standard InChI is InChI=1S/C40H28N4/c1-40(2)33-18-10-8-16-29(33)31-22-23-32-30-17-9-11-19-34(30)44(36(32)35(31)40)39-42-37(26-13-4-3-5-14-26)41-38(43-39)28-21-20-25-12-6-7-15-27(25)24-28/h3-24H,1-2H3. The Balaban J connectivity index is 1.39. The van der Waals surface area contributed by atoms with Crippen molar-refractivity contribution in [3.05, 3.63) is 145 Å². The summed E-state index contributed by atoms with van der Waals surface area (Å²) >= 11 is 0. The number of aromatic nitrogens is 4. The van der Waals surface area contributed by atoms with E-state index < -0.39 is 0 Å². The first-order valence-electron chi connectivity index (χ1n) is 15.1. The van der Waals surface area contributed by atoms with Gasteiger partial charge in [-0.15, -0.1) is 0 Å². The maximum absolute atomic E-state index is 5.24. The van der Waals surface area contributed by atoms with Crippen LogP contribution in [-0.2, 0) is 5.41 Å². The lowest BCUT2D eigenvalue weighted by atomic mass is 9.81. The molecule has 0 saturated heterocycles. The third-order valence-electron chi connectivity index (χ3n) is 9.22. The zero-order chi connectivity index (χ0) is 29.4. The van der Waals surface area contributed by atoms with Crippen LogP contribution in [0.4, 0.5) is 0 Å². The molecule has 1 aliphatic rings. The second-order valence-corrected chi connectivity index (χ2v) is 12.1. The van der Waals surface area contributed by atoms with Crippen LogP contribution >= 0.6 is 0 Å².